The van der Waals surface area contributed by atoms with E-state index in [1.54, 1.807) is 0 Å². The van der Waals surface area contributed by atoms with Gasteiger partial charge < -0.3 is 19.6 Å². The van der Waals surface area contributed by atoms with Crippen LogP contribution in [0, 0.1) is 0 Å². The molecule has 2 saturated heterocycles. The lowest BCUT2D eigenvalue weighted by molar-refractivity contribution is -0.138. The zero-order valence-electron chi connectivity index (χ0n) is 17.6. The third-order valence-electron chi connectivity index (χ3n) is 6.30. The molecule has 29 heavy (non-hydrogen) atoms. The van der Waals surface area contributed by atoms with E-state index >= 15 is 0 Å². The molecule has 3 rings (SSSR count). The highest BCUT2D eigenvalue weighted by Crippen LogP contribution is 2.21. The molecule has 0 bridgehead atoms. The minimum Gasteiger partial charge on any atom is -0.368 e. The van der Waals surface area contributed by atoms with Crippen LogP contribution in [0.3, 0.4) is 0 Å². The highest BCUT2D eigenvalue weighted by atomic mass is 35.5. The number of rotatable bonds is 6. The molecule has 1 aromatic rings. The van der Waals surface area contributed by atoms with Gasteiger partial charge in [-0.25, -0.2) is 0 Å². The van der Waals surface area contributed by atoms with E-state index in [-0.39, 0.29) is 11.8 Å². The van der Waals surface area contributed by atoms with Crippen LogP contribution in [0.5, 0.6) is 0 Å². The van der Waals surface area contributed by atoms with Crippen LogP contribution in [0.2, 0.25) is 5.02 Å². The molecule has 2 amide bonds. The molecule has 0 atom stereocenters. The average molecular weight is 421 g/mol. The lowest BCUT2D eigenvalue weighted by Crippen LogP contribution is -2.49. The van der Waals surface area contributed by atoms with Crippen LogP contribution >= 0.6 is 11.6 Å². The van der Waals surface area contributed by atoms with Crippen molar-refractivity contribution < 1.29 is 9.59 Å². The van der Waals surface area contributed by atoms with Gasteiger partial charge in [-0.05, 0) is 37.6 Å². The van der Waals surface area contributed by atoms with Crippen molar-refractivity contribution in [3.05, 3.63) is 29.3 Å². The van der Waals surface area contributed by atoms with E-state index in [0.29, 0.717) is 32.0 Å². The largest absolute Gasteiger partial charge is 0.368 e. The van der Waals surface area contributed by atoms with Gasteiger partial charge >= 0.3 is 0 Å². The van der Waals surface area contributed by atoms with Gasteiger partial charge in [-0.2, -0.15) is 0 Å². The number of anilines is 1. The summed E-state index contributed by atoms with van der Waals surface area (Å²) >= 11 is 6.08. The Bertz CT molecular complexity index is 698. The Morgan fingerprint density at radius 1 is 1.07 bits per heavy atom. The van der Waals surface area contributed by atoms with Crippen LogP contribution in [-0.2, 0) is 9.59 Å². The lowest BCUT2D eigenvalue weighted by Gasteiger charge is -2.37. The molecule has 6 nitrogen and oxygen atoms in total. The van der Waals surface area contributed by atoms with Gasteiger partial charge in [0.15, 0.2) is 0 Å². The third kappa shape index (κ3) is 5.86. The van der Waals surface area contributed by atoms with Gasteiger partial charge in [0.25, 0.3) is 0 Å². The van der Waals surface area contributed by atoms with Crippen molar-refractivity contribution in [3.8, 4) is 0 Å². The summed E-state index contributed by atoms with van der Waals surface area (Å²) in [5, 5.41) is 0.726. The monoisotopic (exact) mass is 420 g/mol. The molecule has 2 aliphatic rings. The summed E-state index contributed by atoms with van der Waals surface area (Å²) in [5.74, 6) is 0.171. The summed E-state index contributed by atoms with van der Waals surface area (Å²) in [6, 6.07) is 8.12. The summed E-state index contributed by atoms with van der Waals surface area (Å²) in [4.78, 5) is 33.6. The summed E-state index contributed by atoms with van der Waals surface area (Å²) in [6.45, 7) is 8.30. The number of hydrogen-bond donors (Lipinski definition) is 0. The summed E-state index contributed by atoms with van der Waals surface area (Å²) < 4.78 is 0. The number of piperazine rings is 1. The standard InChI is InChI=1S/C22H33ClN4O2/c1-3-25-11-9-19(10-12-25)24(2)21(28)7-8-22(29)27-15-13-26(14-16-27)20-6-4-5-18(23)17-20/h4-6,17,19H,3,7-16H2,1-2H3. The summed E-state index contributed by atoms with van der Waals surface area (Å²) in [7, 11) is 1.89. The highest BCUT2D eigenvalue weighted by Gasteiger charge is 2.26. The Kier molecular flexibility index (Phi) is 7.78. The second kappa shape index (κ2) is 10.3. The highest BCUT2D eigenvalue weighted by molar-refractivity contribution is 6.30. The van der Waals surface area contributed by atoms with Crippen molar-refractivity contribution in [2.75, 3.05) is 57.8 Å². The van der Waals surface area contributed by atoms with Gasteiger partial charge in [0.2, 0.25) is 11.8 Å². The fraction of sp³-hybridized carbons (Fsp3) is 0.636. The SMILES string of the molecule is CCN1CCC(N(C)C(=O)CCC(=O)N2CCN(c3cccc(Cl)c3)CC2)CC1. The number of hydrogen-bond acceptors (Lipinski definition) is 4. The first-order valence-corrected chi connectivity index (χ1v) is 11.1. The minimum absolute atomic E-state index is 0.0818. The molecule has 0 radical (unpaired) electrons. The van der Waals surface area contributed by atoms with Crippen LogP contribution in [0.4, 0.5) is 5.69 Å². The van der Waals surface area contributed by atoms with Crippen molar-refractivity contribution in [1.82, 2.24) is 14.7 Å². The molecule has 7 heteroatoms. The molecule has 0 aliphatic carbocycles. The van der Waals surface area contributed by atoms with E-state index in [4.69, 9.17) is 11.6 Å². The molecule has 1 aromatic carbocycles. The molecule has 0 saturated carbocycles. The van der Waals surface area contributed by atoms with E-state index in [9.17, 15) is 9.59 Å². The third-order valence-corrected chi connectivity index (χ3v) is 6.54. The van der Waals surface area contributed by atoms with Crippen molar-refractivity contribution >= 4 is 29.1 Å². The number of benzene rings is 1. The smallest absolute Gasteiger partial charge is 0.223 e. The number of amides is 2. The maximum absolute atomic E-state index is 12.6. The van der Waals surface area contributed by atoms with Gasteiger partial charge in [-0.3, -0.25) is 9.59 Å². The van der Waals surface area contributed by atoms with E-state index < -0.39 is 0 Å². The Balaban J connectivity index is 1.40. The van der Waals surface area contributed by atoms with Gasteiger partial charge in [0.1, 0.15) is 0 Å². The topological polar surface area (TPSA) is 47.1 Å². The van der Waals surface area contributed by atoms with Crippen LogP contribution in [-0.4, -0.2) is 85.4 Å². The first-order valence-electron chi connectivity index (χ1n) is 10.7. The van der Waals surface area contributed by atoms with Crippen molar-refractivity contribution in [2.45, 2.75) is 38.6 Å². The molecule has 0 aromatic heterocycles. The number of halogens is 1. The van der Waals surface area contributed by atoms with Gasteiger partial charge in [-0.1, -0.05) is 24.6 Å². The Morgan fingerprint density at radius 2 is 1.76 bits per heavy atom. The average Bonchev–Trinajstić information content (AvgIpc) is 2.77. The van der Waals surface area contributed by atoms with Crippen LogP contribution in [0.1, 0.15) is 32.6 Å². The Hall–Kier alpha value is -1.79. The number of carbonyl (C=O) groups excluding carboxylic acids is 2. The molecule has 2 aliphatic heterocycles. The second-order valence-electron chi connectivity index (χ2n) is 8.02. The van der Waals surface area contributed by atoms with E-state index in [0.717, 1.165) is 56.3 Å². The zero-order chi connectivity index (χ0) is 20.8. The number of likely N-dealkylation sites (tertiary alicyclic amines) is 1. The van der Waals surface area contributed by atoms with E-state index in [2.05, 4.69) is 16.7 Å². The van der Waals surface area contributed by atoms with Crippen LogP contribution in [0.15, 0.2) is 24.3 Å². The predicted molar refractivity (Wildman–Crippen MR) is 117 cm³/mol. The zero-order valence-corrected chi connectivity index (χ0v) is 18.4. The molecule has 0 unspecified atom stereocenters. The first-order chi connectivity index (χ1) is 14.0. The number of nitrogens with zero attached hydrogens (tertiary/aromatic N) is 4. The number of carbonyl (C=O) groups is 2. The lowest BCUT2D eigenvalue weighted by atomic mass is 10.0. The maximum atomic E-state index is 12.6. The van der Waals surface area contributed by atoms with Crippen LogP contribution < -0.4 is 4.90 Å². The second-order valence-corrected chi connectivity index (χ2v) is 8.45. The van der Waals surface area contributed by atoms with Crippen molar-refractivity contribution in [3.63, 3.8) is 0 Å². The van der Waals surface area contributed by atoms with Crippen LogP contribution in [0.25, 0.3) is 0 Å². The van der Waals surface area contributed by atoms with Gasteiger partial charge in [0.05, 0.1) is 0 Å². The minimum atomic E-state index is 0.0818. The summed E-state index contributed by atoms with van der Waals surface area (Å²) in [5.41, 5.74) is 1.09. The fourth-order valence-electron chi connectivity index (χ4n) is 4.26. The van der Waals surface area contributed by atoms with Gasteiger partial charge in [-0.15, -0.1) is 0 Å². The molecule has 160 valence electrons. The first kappa shape index (κ1) is 21.9. The molecule has 0 spiro atoms. The normalized spacial score (nSPS) is 18.7. The van der Waals surface area contributed by atoms with Gasteiger partial charge in [0, 0.05) is 75.9 Å². The fourth-order valence-corrected chi connectivity index (χ4v) is 4.45. The molecule has 2 fully saturated rings. The molecule has 0 N–H and O–H groups in total. The molecule has 2 heterocycles. The quantitative estimate of drug-likeness (QED) is 0.709. The van der Waals surface area contributed by atoms with E-state index in [1.807, 2.05) is 41.1 Å². The Morgan fingerprint density at radius 3 is 2.38 bits per heavy atom. The maximum Gasteiger partial charge on any atom is 0.223 e. The van der Waals surface area contributed by atoms with Crippen molar-refractivity contribution in [1.29, 1.82) is 0 Å². The molecular formula is C22H33ClN4O2. The van der Waals surface area contributed by atoms with E-state index in [1.165, 1.54) is 0 Å². The molecular weight excluding hydrogens is 388 g/mol. The number of piperidine rings is 1. The Labute approximate surface area is 179 Å². The summed E-state index contributed by atoms with van der Waals surface area (Å²) in [6.07, 6.45) is 2.65. The predicted octanol–water partition coefficient (Wildman–Crippen LogP) is 2.71. The van der Waals surface area contributed by atoms with Crippen molar-refractivity contribution in [2.24, 2.45) is 0 Å².